The van der Waals surface area contributed by atoms with Crippen LogP contribution >= 0.6 is 11.3 Å². The Morgan fingerprint density at radius 2 is 1.95 bits per heavy atom. The fraction of sp³-hybridized carbons (Fsp3) is 0.667. The van der Waals surface area contributed by atoms with Crippen molar-refractivity contribution in [2.75, 3.05) is 43.4 Å². The molecule has 6 nitrogen and oxygen atoms in total. The van der Waals surface area contributed by atoms with Gasteiger partial charge in [0.1, 0.15) is 10.7 Å². The predicted octanol–water partition coefficient (Wildman–Crippen LogP) is 1.03. The van der Waals surface area contributed by atoms with Crippen molar-refractivity contribution < 1.29 is 9.90 Å². The smallest absolute Gasteiger partial charge is 0.267 e. The normalized spacial score (nSPS) is 10.5. The van der Waals surface area contributed by atoms with E-state index in [9.17, 15) is 4.79 Å². The van der Waals surface area contributed by atoms with E-state index in [1.807, 2.05) is 20.8 Å². The van der Waals surface area contributed by atoms with Crippen molar-refractivity contribution in [3.8, 4) is 0 Å². The number of hydrogen-bond acceptors (Lipinski definition) is 6. The molecule has 0 aliphatic carbocycles. The highest BCUT2D eigenvalue weighted by Gasteiger charge is 2.22. The van der Waals surface area contributed by atoms with E-state index in [1.165, 1.54) is 11.3 Å². The molecule has 1 amide bonds. The van der Waals surface area contributed by atoms with Crippen LogP contribution in [0, 0.1) is 0 Å². The molecular weight excluding hydrogens is 264 g/mol. The number of anilines is 2. The molecular formula is C12H22N4O2S. The van der Waals surface area contributed by atoms with Gasteiger partial charge >= 0.3 is 0 Å². The van der Waals surface area contributed by atoms with Crippen LogP contribution in [0.4, 0.5) is 10.9 Å². The van der Waals surface area contributed by atoms with Crippen LogP contribution in [-0.2, 0) is 0 Å². The molecule has 0 aliphatic rings. The molecule has 0 saturated heterocycles. The number of nitrogen functional groups attached to an aromatic ring is 1. The molecule has 1 aromatic rings. The summed E-state index contributed by atoms with van der Waals surface area (Å²) in [4.78, 5) is 20.6. The summed E-state index contributed by atoms with van der Waals surface area (Å²) in [6.07, 6.45) is 0. The predicted molar refractivity (Wildman–Crippen MR) is 78.8 cm³/mol. The maximum atomic E-state index is 12.3. The average molecular weight is 286 g/mol. The lowest BCUT2D eigenvalue weighted by atomic mass is 10.4. The van der Waals surface area contributed by atoms with Gasteiger partial charge in [0, 0.05) is 26.2 Å². The Bertz CT molecular complexity index is 418. The number of likely N-dealkylation sites (N-methyl/N-ethyl adjacent to an activating group) is 1. The van der Waals surface area contributed by atoms with E-state index in [-0.39, 0.29) is 18.3 Å². The van der Waals surface area contributed by atoms with Crippen molar-refractivity contribution >= 4 is 28.2 Å². The molecule has 0 saturated carbocycles. The zero-order valence-corrected chi connectivity index (χ0v) is 12.5. The molecule has 0 atom stereocenters. The van der Waals surface area contributed by atoms with E-state index in [0.29, 0.717) is 18.0 Å². The van der Waals surface area contributed by atoms with Gasteiger partial charge in [0.25, 0.3) is 5.91 Å². The number of nitrogens with zero attached hydrogens (tertiary/aromatic N) is 3. The van der Waals surface area contributed by atoms with Crippen LogP contribution in [-0.4, -0.2) is 53.7 Å². The lowest BCUT2D eigenvalue weighted by Gasteiger charge is -2.19. The molecule has 0 unspecified atom stereocenters. The first-order chi connectivity index (χ1) is 9.08. The highest BCUT2D eigenvalue weighted by atomic mass is 32.1. The highest BCUT2D eigenvalue weighted by molar-refractivity contribution is 7.18. The Morgan fingerprint density at radius 3 is 2.42 bits per heavy atom. The maximum absolute atomic E-state index is 12.3. The SMILES string of the molecule is CCN(CCO)C(=O)c1sc(N(CC)CC)nc1N. The van der Waals surface area contributed by atoms with Crippen LogP contribution in [0.2, 0.25) is 0 Å². The number of nitrogens with two attached hydrogens (primary N) is 1. The quantitative estimate of drug-likeness (QED) is 0.782. The lowest BCUT2D eigenvalue weighted by molar-refractivity contribution is 0.0737. The van der Waals surface area contributed by atoms with E-state index in [4.69, 9.17) is 10.8 Å². The lowest BCUT2D eigenvalue weighted by Crippen LogP contribution is -2.33. The first-order valence-electron chi connectivity index (χ1n) is 6.50. The zero-order valence-electron chi connectivity index (χ0n) is 11.7. The average Bonchev–Trinajstić information content (AvgIpc) is 2.78. The molecule has 1 rings (SSSR count). The third-order valence-electron chi connectivity index (χ3n) is 2.91. The largest absolute Gasteiger partial charge is 0.395 e. The van der Waals surface area contributed by atoms with Crippen molar-refractivity contribution in [3.63, 3.8) is 0 Å². The summed E-state index contributed by atoms with van der Waals surface area (Å²) in [6, 6.07) is 0. The molecule has 1 heterocycles. The molecule has 0 fully saturated rings. The van der Waals surface area contributed by atoms with Gasteiger partial charge in [0.05, 0.1) is 6.61 Å². The third-order valence-corrected chi connectivity index (χ3v) is 4.03. The number of aliphatic hydroxyl groups excluding tert-OH is 1. The van der Waals surface area contributed by atoms with E-state index in [2.05, 4.69) is 9.88 Å². The van der Waals surface area contributed by atoms with E-state index in [0.717, 1.165) is 18.2 Å². The van der Waals surface area contributed by atoms with Crippen molar-refractivity contribution in [1.29, 1.82) is 0 Å². The summed E-state index contributed by atoms with van der Waals surface area (Å²) in [5.74, 6) is 0.109. The Hall–Kier alpha value is -1.34. The summed E-state index contributed by atoms with van der Waals surface area (Å²) in [5.41, 5.74) is 5.84. The summed E-state index contributed by atoms with van der Waals surface area (Å²) in [7, 11) is 0. The van der Waals surface area contributed by atoms with Crippen LogP contribution in [0.1, 0.15) is 30.4 Å². The molecule has 108 valence electrons. The van der Waals surface area contributed by atoms with E-state index >= 15 is 0 Å². The summed E-state index contributed by atoms with van der Waals surface area (Å²) >= 11 is 1.31. The number of rotatable bonds is 7. The van der Waals surface area contributed by atoms with Gasteiger partial charge in [-0.15, -0.1) is 0 Å². The number of thiazole rings is 1. The first-order valence-corrected chi connectivity index (χ1v) is 7.31. The van der Waals surface area contributed by atoms with Crippen LogP contribution in [0.15, 0.2) is 0 Å². The number of carbonyl (C=O) groups is 1. The molecule has 1 aromatic heterocycles. The molecule has 0 aromatic carbocycles. The second kappa shape index (κ2) is 7.30. The molecule has 0 spiro atoms. The highest BCUT2D eigenvalue weighted by Crippen LogP contribution is 2.29. The third kappa shape index (κ3) is 3.57. The molecule has 0 aliphatic heterocycles. The van der Waals surface area contributed by atoms with Crippen molar-refractivity contribution in [3.05, 3.63) is 4.88 Å². The minimum atomic E-state index is -0.162. The van der Waals surface area contributed by atoms with Gasteiger partial charge in [-0.05, 0) is 20.8 Å². The standard InChI is InChI=1S/C12H22N4O2S/c1-4-15(5-2)12-14-10(13)9(19-12)11(18)16(6-3)7-8-17/h17H,4-8,13H2,1-3H3. The number of amides is 1. The molecule has 0 radical (unpaired) electrons. The fourth-order valence-corrected chi connectivity index (χ4v) is 2.85. The summed E-state index contributed by atoms with van der Waals surface area (Å²) in [6.45, 7) is 8.39. The van der Waals surface area contributed by atoms with Gasteiger partial charge in [-0.3, -0.25) is 4.79 Å². The Labute approximate surface area is 117 Å². The van der Waals surface area contributed by atoms with E-state index in [1.54, 1.807) is 4.90 Å². The Balaban J connectivity index is 2.97. The number of aliphatic hydroxyl groups is 1. The molecule has 0 bridgehead atoms. The van der Waals surface area contributed by atoms with Crippen LogP contribution in [0.3, 0.4) is 0 Å². The van der Waals surface area contributed by atoms with Gasteiger partial charge in [-0.1, -0.05) is 11.3 Å². The fourth-order valence-electron chi connectivity index (χ4n) is 1.77. The van der Waals surface area contributed by atoms with Crippen molar-refractivity contribution in [1.82, 2.24) is 9.88 Å². The van der Waals surface area contributed by atoms with Crippen molar-refractivity contribution in [2.24, 2.45) is 0 Å². The van der Waals surface area contributed by atoms with Gasteiger partial charge in [0.15, 0.2) is 5.13 Å². The minimum absolute atomic E-state index is 0.0544. The van der Waals surface area contributed by atoms with Crippen LogP contribution < -0.4 is 10.6 Å². The molecule has 7 heteroatoms. The monoisotopic (exact) mass is 286 g/mol. The zero-order chi connectivity index (χ0) is 14.4. The van der Waals surface area contributed by atoms with Gasteiger partial charge < -0.3 is 20.6 Å². The molecule has 19 heavy (non-hydrogen) atoms. The Morgan fingerprint density at radius 1 is 1.32 bits per heavy atom. The maximum Gasteiger partial charge on any atom is 0.267 e. The van der Waals surface area contributed by atoms with Gasteiger partial charge in [0.2, 0.25) is 0 Å². The Kier molecular flexibility index (Phi) is 6.04. The number of carbonyl (C=O) groups excluding carboxylic acids is 1. The van der Waals surface area contributed by atoms with E-state index < -0.39 is 0 Å². The topological polar surface area (TPSA) is 82.7 Å². The van der Waals surface area contributed by atoms with Gasteiger partial charge in [-0.2, -0.15) is 0 Å². The van der Waals surface area contributed by atoms with Crippen LogP contribution in [0.25, 0.3) is 0 Å². The summed E-state index contributed by atoms with van der Waals surface area (Å²) in [5, 5.41) is 9.73. The minimum Gasteiger partial charge on any atom is -0.395 e. The summed E-state index contributed by atoms with van der Waals surface area (Å²) < 4.78 is 0. The number of aromatic nitrogens is 1. The molecule has 3 N–H and O–H groups in total. The van der Waals surface area contributed by atoms with Gasteiger partial charge in [-0.25, -0.2) is 4.98 Å². The van der Waals surface area contributed by atoms with Crippen molar-refractivity contribution in [2.45, 2.75) is 20.8 Å². The number of hydrogen-bond donors (Lipinski definition) is 2. The van der Waals surface area contributed by atoms with Crippen LogP contribution in [0.5, 0.6) is 0 Å². The second-order valence-electron chi connectivity index (χ2n) is 3.99. The second-order valence-corrected chi connectivity index (χ2v) is 4.97. The first kappa shape index (κ1) is 15.7.